The van der Waals surface area contributed by atoms with Crippen LogP contribution in [0.15, 0.2) is 36.4 Å². The van der Waals surface area contributed by atoms with Crippen LogP contribution in [-0.2, 0) is 30.3 Å². The van der Waals surface area contributed by atoms with Gasteiger partial charge in [-0.3, -0.25) is 19.2 Å². The molecule has 0 aromatic heterocycles. The fourth-order valence-electron chi connectivity index (χ4n) is 4.07. The van der Waals surface area contributed by atoms with Crippen LogP contribution in [0.25, 0.3) is 0 Å². The van der Waals surface area contributed by atoms with Crippen molar-refractivity contribution >= 4 is 35.1 Å². The third-order valence-corrected chi connectivity index (χ3v) is 5.85. The highest BCUT2D eigenvalue weighted by Gasteiger charge is 2.36. The Kier molecular flexibility index (Phi) is 8.04. The Bertz CT molecular complexity index is 1070. The minimum Gasteiger partial charge on any atom is -0.455 e. The summed E-state index contributed by atoms with van der Waals surface area (Å²) in [6.45, 7) is 7.30. The van der Waals surface area contributed by atoms with E-state index in [1.165, 1.54) is 0 Å². The highest BCUT2D eigenvalue weighted by atomic mass is 16.5. The van der Waals surface area contributed by atoms with E-state index in [9.17, 15) is 19.2 Å². The van der Waals surface area contributed by atoms with E-state index >= 15 is 0 Å². The van der Waals surface area contributed by atoms with E-state index in [4.69, 9.17) is 4.74 Å². The van der Waals surface area contributed by atoms with Crippen LogP contribution < -0.4 is 15.5 Å². The summed E-state index contributed by atoms with van der Waals surface area (Å²) >= 11 is 0. The molecule has 1 heterocycles. The minimum absolute atomic E-state index is 0.0354. The Morgan fingerprint density at radius 1 is 1.03 bits per heavy atom. The van der Waals surface area contributed by atoms with Crippen molar-refractivity contribution in [1.29, 1.82) is 0 Å². The second-order valence-electron chi connectivity index (χ2n) is 8.63. The fraction of sp³-hybridized carbons (Fsp3) is 0.385. The first-order valence-corrected chi connectivity index (χ1v) is 11.4. The van der Waals surface area contributed by atoms with Gasteiger partial charge < -0.3 is 20.3 Å². The van der Waals surface area contributed by atoms with Gasteiger partial charge in [-0.05, 0) is 56.0 Å². The summed E-state index contributed by atoms with van der Waals surface area (Å²) in [6, 6.07) is 11.6. The molecule has 1 unspecified atom stereocenters. The van der Waals surface area contributed by atoms with Gasteiger partial charge in [0.1, 0.15) is 0 Å². The van der Waals surface area contributed by atoms with E-state index in [0.717, 1.165) is 40.0 Å². The first-order valence-electron chi connectivity index (χ1n) is 11.4. The van der Waals surface area contributed by atoms with E-state index in [-0.39, 0.29) is 31.3 Å². The van der Waals surface area contributed by atoms with Gasteiger partial charge >= 0.3 is 5.97 Å². The zero-order valence-electron chi connectivity index (χ0n) is 20.1. The van der Waals surface area contributed by atoms with Crippen LogP contribution in [0.4, 0.5) is 11.4 Å². The van der Waals surface area contributed by atoms with Gasteiger partial charge in [0.05, 0.1) is 12.5 Å². The molecule has 8 nitrogen and oxygen atoms in total. The molecule has 1 atom stereocenters. The Labute approximate surface area is 199 Å². The summed E-state index contributed by atoms with van der Waals surface area (Å²) in [6.07, 6.45) is 0.936. The van der Waals surface area contributed by atoms with Crippen LogP contribution in [0.1, 0.15) is 35.6 Å². The molecule has 1 aliphatic rings. The van der Waals surface area contributed by atoms with Crippen molar-refractivity contribution in [3.63, 3.8) is 0 Å². The summed E-state index contributed by atoms with van der Waals surface area (Å²) in [7, 11) is 0. The summed E-state index contributed by atoms with van der Waals surface area (Å²) in [5, 5.41) is 5.25. The normalized spacial score (nSPS) is 15.2. The first-order chi connectivity index (χ1) is 16.2. The number of amides is 3. The topological polar surface area (TPSA) is 105 Å². The van der Waals surface area contributed by atoms with Crippen LogP contribution in [0.3, 0.4) is 0 Å². The van der Waals surface area contributed by atoms with Crippen LogP contribution in [0.2, 0.25) is 0 Å². The van der Waals surface area contributed by atoms with Gasteiger partial charge in [-0.15, -0.1) is 0 Å². The average Bonchev–Trinajstić information content (AvgIpc) is 3.20. The quantitative estimate of drug-likeness (QED) is 0.584. The maximum Gasteiger partial charge on any atom is 0.311 e. The zero-order valence-corrected chi connectivity index (χ0v) is 20.1. The number of carbonyl (C=O) groups is 4. The van der Waals surface area contributed by atoms with E-state index in [1.807, 2.05) is 57.2 Å². The number of benzene rings is 2. The van der Waals surface area contributed by atoms with E-state index < -0.39 is 24.4 Å². The molecule has 1 saturated heterocycles. The molecule has 2 N–H and O–H groups in total. The molecule has 0 bridgehead atoms. The number of carbonyl (C=O) groups excluding carboxylic acids is 4. The molecule has 2 aromatic carbocycles. The number of hydrogen-bond donors (Lipinski definition) is 2. The molecule has 2 aromatic rings. The van der Waals surface area contributed by atoms with E-state index in [1.54, 1.807) is 4.90 Å². The Morgan fingerprint density at radius 2 is 1.68 bits per heavy atom. The molecule has 1 fully saturated rings. The lowest BCUT2D eigenvalue weighted by Crippen LogP contribution is -2.36. The second-order valence-corrected chi connectivity index (χ2v) is 8.63. The van der Waals surface area contributed by atoms with Gasteiger partial charge in [0.2, 0.25) is 11.8 Å². The van der Waals surface area contributed by atoms with Crippen LogP contribution >= 0.6 is 0 Å². The lowest BCUT2D eigenvalue weighted by atomic mass is 10.1. The van der Waals surface area contributed by atoms with Crippen molar-refractivity contribution in [1.82, 2.24) is 5.32 Å². The van der Waals surface area contributed by atoms with Crippen LogP contribution in [0, 0.1) is 26.7 Å². The molecule has 3 rings (SSSR count). The molecule has 180 valence electrons. The number of nitrogens with zero attached hydrogens (tertiary/aromatic N) is 1. The number of esters is 1. The summed E-state index contributed by atoms with van der Waals surface area (Å²) in [5.74, 6) is -2.36. The van der Waals surface area contributed by atoms with Crippen LogP contribution in [-0.4, -0.2) is 43.4 Å². The number of aryl methyl sites for hydroxylation is 4. The first kappa shape index (κ1) is 25.0. The molecule has 34 heavy (non-hydrogen) atoms. The third-order valence-electron chi connectivity index (χ3n) is 5.85. The highest BCUT2D eigenvalue weighted by Crippen LogP contribution is 2.26. The average molecular weight is 466 g/mol. The fourth-order valence-corrected chi connectivity index (χ4v) is 4.07. The van der Waals surface area contributed by atoms with Crippen molar-refractivity contribution in [3.8, 4) is 0 Å². The van der Waals surface area contributed by atoms with Crippen LogP contribution in [0.5, 0.6) is 0 Å². The predicted octanol–water partition coefficient (Wildman–Crippen LogP) is 2.83. The molecule has 0 aliphatic carbocycles. The third kappa shape index (κ3) is 6.21. The minimum atomic E-state index is -0.637. The molecular formula is C26H31N3O5. The maximum absolute atomic E-state index is 12.4. The van der Waals surface area contributed by atoms with Gasteiger partial charge in [-0.2, -0.15) is 0 Å². The SMILES string of the molecule is CCc1ccc(N2CC(C(=O)OCC(=O)NCC(=O)Nc3c(C)cc(C)cc3C)CC2=O)cc1. The number of anilines is 2. The summed E-state index contributed by atoms with van der Waals surface area (Å²) in [4.78, 5) is 50.6. The lowest BCUT2D eigenvalue weighted by molar-refractivity contribution is -0.152. The lowest BCUT2D eigenvalue weighted by Gasteiger charge is -2.17. The predicted molar refractivity (Wildman–Crippen MR) is 130 cm³/mol. The number of rotatable bonds is 8. The molecule has 1 aliphatic heterocycles. The smallest absolute Gasteiger partial charge is 0.311 e. The molecule has 0 saturated carbocycles. The molecule has 8 heteroatoms. The zero-order chi connectivity index (χ0) is 24.8. The molecule has 3 amide bonds. The number of nitrogens with one attached hydrogen (secondary N) is 2. The van der Waals surface area contributed by atoms with Crippen molar-refractivity contribution in [2.45, 2.75) is 40.5 Å². The van der Waals surface area contributed by atoms with Crippen molar-refractivity contribution in [2.75, 3.05) is 29.9 Å². The van der Waals surface area contributed by atoms with Crippen molar-refractivity contribution < 1.29 is 23.9 Å². The number of hydrogen-bond acceptors (Lipinski definition) is 5. The standard InChI is InChI=1S/C26H31N3O5/c1-5-19-6-8-21(9-7-19)29-14-20(12-24(29)32)26(33)34-15-23(31)27-13-22(30)28-25-17(3)10-16(2)11-18(25)4/h6-11,20H,5,12-15H2,1-4H3,(H,27,31)(H,28,30). The molecule has 0 radical (unpaired) electrons. The molecule has 0 spiro atoms. The summed E-state index contributed by atoms with van der Waals surface area (Å²) in [5.41, 5.74) is 5.59. The van der Waals surface area contributed by atoms with Gasteiger partial charge in [0.25, 0.3) is 5.91 Å². The Balaban J connectivity index is 1.43. The van der Waals surface area contributed by atoms with Gasteiger partial charge in [-0.25, -0.2) is 0 Å². The van der Waals surface area contributed by atoms with E-state index in [2.05, 4.69) is 17.6 Å². The van der Waals surface area contributed by atoms with Gasteiger partial charge in [-0.1, -0.05) is 36.8 Å². The monoisotopic (exact) mass is 465 g/mol. The maximum atomic E-state index is 12.4. The highest BCUT2D eigenvalue weighted by molar-refractivity contribution is 6.00. The van der Waals surface area contributed by atoms with Crippen molar-refractivity contribution in [3.05, 3.63) is 58.7 Å². The van der Waals surface area contributed by atoms with Gasteiger partial charge in [0, 0.05) is 24.3 Å². The second kappa shape index (κ2) is 11.0. The Hall–Kier alpha value is -3.68. The summed E-state index contributed by atoms with van der Waals surface area (Å²) < 4.78 is 5.10. The van der Waals surface area contributed by atoms with E-state index in [0.29, 0.717) is 0 Å². The molecular weight excluding hydrogens is 434 g/mol. The largest absolute Gasteiger partial charge is 0.455 e. The van der Waals surface area contributed by atoms with Crippen molar-refractivity contribution in [2.24, 2.45) is 5.92 Å². The Morgan fingerprint density at radius 3 is 2.29 bits per heavy atom. The van der Waals surface area contributed by atoms with Gasteiger partial charge in [0.15, 0.2) is 6.61 Å². The number of ether oxygens (including phenoxy) is 1.